The van der Waals surface area contributed by atoms with Gasteiger partial charge in [0.15, 0.2) is 0 Å². The zero-order valence-electron chi connectivity index (χ0n) is 7.97. The van der Waals surface area contributed by atoms with Crippen molar-refractivity contribution in [1.29, 1.82) is 0 Å². The molecule has 0 aliphatic heterocycles. The number of aliphatic hydroxyl groups is 1. The topological polar surface area (TPSA) is 20.2 Å². The molecule has 14 heavy (non-hydrogen) atoms. The van der Waals surface area contributed by atoms with E-state index in [-0.39, 0.29) is 0 Å². The van der Waals surface area contributed by atoms with Gasteiger partial charge in [-0.2, -0.15) is 0 Å². The van der Waals surface area contributed by atoms with Gasteiger partial charge in [0, 0.05) is 4.88 Å². The molecule has 0 saturated carbocycles. The summed E-state index contributed by atoms with van der Waals surface area (Å²) in [5.41, 5.74) is 2.17. The maximum absolute atomic E-state index is 9.98. The van der Waals surface area contributed by atoms with Crippen LogP contribution in [0, 0.1) is 6.92 Å². The highest BCUT2D eigenvalue weighted by Crippen LogP contribution is 2.25. The van der Waals surface area contributed by atoms with Gasteiger partial charge in [0.05, 0.1) is 0 Å². The van der Waals surface area contributed by atoms with Crippen LogP contribution in [0.5, 0.6) is 0 Å². The van der Waals surface area contributed by atoms with E-state index in [4.69, 9.17) is 0 Å². The van der Waals surface area contributed by atoms with Gasteiger partial charge in [-0.15, -0.1) is 11.3 Å². The summed E-state index contributed by atoms with van der Waals surface area (Å²) in [6.45, 7) is 2.04. The van der Waals surface area contributed by atoms with Gasteiger partial charge in [-0.05, 0) is 23.9 Å². The Morgan fingerprint density at radius 1 is 1.14 bits per heavy atom. The number of rotatable bonds is 2. The second-order valence-electron chi connectivity index (χ2n) is 3.33. The molecule has 1 aromatic heterocycles. The Labute approximate surface area is 87.7 Å². The summed E-state index contributed by atoms with van der Waals surface area (Å²) >= 11 is 1.58. The second kappa shape index (κ2) is 3.95. The third kappa shape index (κ3) is 1.86. The summed E-state index contributed by atoms with van der Waals surface area (Å²) in [6.07, 6.45) is -0.476. The third-order valence-electron chi connectivity index (χ3n) is 2.21. The number of hydrogen-bond acceptors (Lipinski definition) is 2. The molecule has 72 valence electrons. The first kappa shape index (κ1) is 9.44. The van der Waals surface area contributed by atoms with Gasteiger partial charge in [0.2, 0.25) is 0 Å². The molecule has 1 heterocycles. The van der Waals surface area contributed by atoms with E-state index in [1.54, 1.807) is 11.3 Å². The van der Waals surface area contributed by atoms with E-state index < -0.39 is 6.10 Å². The molecule has 2 heteroatoms. The lowest BCUT2D eigenvalue weighted by Crippen LogP contribution is -1.96. The van der Waals surface area contributed by atoms with E-state index in [1.807, 2.05) is 48.7 Å². The lowest BCUT2D eigenvalue weighted by atomic mass is 10.1. The van der Waals surface area contributed by atoms with E-state index in [2.05, 4.69) is 0 Å². The van der Waals surface area contributed by atoms with Crippen molar-refractivity contribution < 1.29 is 5.11 Å². The highest BCUT2D eigenvalue weighted by molar-refractivity contribution is 7.10. The van der Waals surface area contributed by atoms with Crippen molar-refractivity contribution in [1.82, 2.24) is 0 Å². The fourth-order valence-corrected chi connectivity index (χ4v) is 2.10. The first-order valence-electron chi connectivity index (χ1n) is 4.55. The van der Waals surface area contributed by atoms with Crippen LogP contribution in [0.1, 0.15) is 22.1 Å². The fourth-order valence-electron chi connectivity index (χ4n) is 1.36. The van der Waals surface area contributed by atoms with Gasteiger partial charge < -0.3 is 5.11 Å². The molecule has 0 radical (unpaired) electrons. The predicted octanol–water partition coefficient (Wildman–Crippen LogP) is 3.14. The molecule has 1 atom stereocenters. The van der Waals surface area contributed by atoms with E-state index in [0.29, 0.717) is 0 Å². The van der Waals surface area contributed by atoms with Crippen molar-refractivity contribution in [2.75, 3.05) is 0 Å². The van der Waals surface area contributed by atoms with Crippen LogP contribution in [0.25, 0.3) is 0 Å². The molecule has 1 nitrogen and oxygen atoms in total. The van der Waals surface area contributed by atoms with Gasteiger partial charge in [0.1, 0.15) is 6.10 Å². The molecular formula is C12H12OS. The van der Waals surface area contributed by atoms with E-state index in [1.165, 1.54) is 5.56 Å². The molecule has 1 N–H and O–H groups in total. The van der Waals surface area contributed by atoms with Gasteiger partial charge in [-0.3, -0.25) is 0 Å². The average molecular weight is 204 g/mol. The zero-order valence-corrected chi connectivity index (χ0v) is 8.79. The standard InChI is InChI=1S/C12H12OS/c1-9-4-6-10(7-5-9)12(13)11-3-2-8-14-11/h2-8,12-13H,1H3. The minimum absolute atomic E-state index is 0.476. The number of benzene rings is 1. The molecule has 1 unspecified atom stereocenters. The first-order chi connectivity index (χ1) is 6.77. The Hall–Kier alpha value is -1.12. The van der Waals surface area contributed by atoms with E-state index >= 15 is 0 Å². The second-order valence-corrected chi connectivity index (χ2v) is 4.31. The smallest absolute Gasteiger partial charge is 0.113 e. The van der Waals surface area contributed by atoms with Crippen molar-refractivity contribution in [3.63, 3.8) is 0 Å². The summed E-state index contributed by atoms with van der Waals surface area (Å²) in [7, 11) is 0. The van der Waals surface area contributed by atoms with Crippen LogP contribution in [0.3, 0.4) is 0 Å². The Balaban J connectivity index is 2.28. The van der Waals surface area contributed by atoms with Crippen LogP contribution in [-0.4, -0.2) is 5.11 Å². The molecule has 0 saturated heterocycles. The van der Waals surface area contributed by atoms with E-state index in [9.17, 15) is 5.11 Å². The molecule has 1 aromatic carbocycles. The molecule has 0 aliphatic rings. The molecule has 2 aromatic rings. The summed E-state index contributed by atoms with van der Waals surface area (Å²) in [4.78, 5) is 0.994. The van der Waals surface area contributed by atoms with Crippen LogP contribution in [0.15, 0.2) is 41.8 Å². The number of thiophene rings is 1. The summed E-state index contributed by atoms with van der Waals surface area (Å²) in [6, 6.07) is 11.9. The molecule has 0 bridgehead atoms. The van der Waals surface area contributed by atoms with Crippen molar-refractivity contribution in [3.8, 4) is 0 Å². The Bertz CT molecular complexity index is 389. The highest BCUT2D eigenvalue weighted by atomic mass is 32.1. The van der Waals surface area contributed by atoms with Crippen LogP contribution in [-0.2, 0) is 0 Å². The molecule has 0 aliphatic carbocycles. The largest absolute Gasteiger partial charge is 0.383 e. The maximum Gasteiger partial charge on any atom is 0.113 e. The zero-order chi connectivity index (χ0) is 9.97. The van der Waals surface area contributed by atoms with Gasteiger partial charge in [-0.25, -0.2) is 0 Å². The minimum Gasteiger partial charge on any atom is -0.383 e. The lowest BCUT2D eigenvalue weighted by molar-refractivity contribution is 0.224. The summed E-state index contributed by atoms with van der Waals surface area (Å²) in [5, 5.41) is 12.0. The minimum atomic E-state index is -0.476. The molecule has 0 spiro atoms. The number of aryl methyl sites for hydroxylation is 1. The number of hydrogen-bond donors (Lipinski definition) is 1. The summed E-state index contributed by atoms with van der Waals surface area (Å²) < 4.78 is 0. The molecule has 0 amide bonds. The van der Waals surface area contributed by atoms with Crippen LogP contribution < -0.4 is 0 Å². The summed E-state index contributed by atoms with van der Waals surface area (Å²) in [5.74, 6) is 0. The van der Waals surface area contributed by atoms with Crippen molar-refractivity contribution in [2.24, 2.45) is 0 Å². The quantitative estimate of drug-likeness (QED) is 0.796. The molecule has 0 fully saturated rings. The van der Waals surface area contributed by atoms with Crippen molar-refractivity contribution in [2.45, 2.75) is 13.0 Å². The van der Waals surface area contributed by atoms with E-state index in [0.717, 1.165) is 10.4 Å². The van der Waals surface area contributed by atoms with Crippen LogP contribution in [0.2, 0.25) is 0 Å². The Morgan fingerprint density at radius 2 is 1.86 bits per heavy atom. The van der Waals surface area contributed by atoms with Gasteiger partial charge in [-0.1, -0.05) is 35.9 Å². The normalized spacial score (nSPS) is 12.7. The Morgan fingerprint density at radius 3 is 2.43 bits per heavy atom. The first-order valence-corrected chi connectivity index (χ1v) is 5.43. The molecular weight excluding hydrogens is 192 g/mol. The van der Waals surface area contributed by atoms with Crippen LogP contribution >= 0.6 is 11.3 Å². The predicted molar refractivity (Wildman–Crippen MR) is 59.6 cm³/mol. The number of aliphatic hydroxyl groups excluding tert-OH is 1. The maximum atomic E-state index is 9.98. The fraction of sp³-hybridized carbons (Fsp3) is 0.167. The molecule has 2 rings (SSSR count). The van der Waals surface area contributed by atoms with Crippen molar-refractivity contribution in [3.05, 3.63) is 57.8 Å². The average Bonchev–Trinajstić information content (AvgIpc) is 2.71. The Kier molecular flexibility index (Phi) is 2.66. The van der Waals surface area contributed by atoms with Crippen LogP contribution in [0.4, 0.5) is 0 Å². The third-order valence-corrected chi connectivity index (χ3v) is 3.13. The van der Waals surface area contributed by atoms with Crippen molar-refractivity contribution >= 4 is 11.3 Å². The lowest BCUT2D eigenvalue weighted by Gasteiger charge is -2.08. The highest BCUT2D eigenvalue weighted by Gasteiger charge is 2.10. The van der Waals surface area contributed by atoms with Gasteiger partial charge in [0.25, 0.3) is 0 Å². The monoisotopic (exact) mass is 204 g/mol. The SMILES string of the molecule is Cc1ccc(C(O)c2cccs2)cc1. The van der Waals surface area contributed by atoms with Gasteiger partial charge >= 0.3 is 0 Å².